The van der Waals surface area contributed by atoms with Crippen molar-refractivity contribution in [3.05, 3.63) is 64.4 Å². The van der Waals surface area contributed by atoms with Crippen molar-refractivity contribution in [2.24, 2.45) is 5.92 Å². The highest BCUT2D eigenvalue weighted by Gasteiger charge is 2.34. The van der Waals surface area contributed by atoms with Crippen molar-refractivity contribution in [3.63, 3.8) is 0 Å². The first kappa shape index (κ1) is 17.5. The normalized spacial score (nSPS) is 19.7. The van der Waals surface area contributed by atoms with E-state index in [4.69, 9.17) is 11.6 Å². The van der Waals surface area contributed by atoms with E-state index in [1.807, 2.05) is 0 Å². The number of carbonyl (C=O) groups excluding carboxylic acids is 1. The Morgan fingerprint density at radius 1 is 1.08 bits per heavy atom. The van der Waals surface area contributed by atoms with Crippen molar-refractivity contribution in [3.8, 4) is 0 Å². The molecular formula is C16H14ClF3N4O. The second-order valence-corrected chi connectivity index (χ2v) is 5.93. The van der Waals surface area contributed by atoms with Gasteiger partial charge in [-0.3, -0.25) is 21.1 Å². The zero-order valence-corrected chi connectivity index (χ0v) is 13.5. The maximum Gasteiger partial charge on any atom is 0.244 e. The van der Waals surface area contributed by atoms with Gasteiger partial charge in [0.05, 0.1) is 17.6 Å². The summed E-state index contributed by atoms with van der Waals surface area (Å²) in [5.74, 6) is -5.27. The van der Waals surface area contributed by atoms with E-state index in [2.05, 4.69) is 21.7 Å². The lowest BCUT2D eigenvalue weighted by molar-refractivity contribution is -0.124. The average Bonchev–Trinajstić information content (AvgIpc) is 3.09. The second kappa shape index (κ2) is 7.30. The summed E-state index contributed by atoms with van der Waals surface area (Å²) in [4.78, 5) is 12.4. The largest absolute Gasteiger partial charge is 0.296 e. The molecule has 2 aromatic carbocycles. The predicted molar refractivity (Wildman–Crippen MR) is 86.9 cm³/mol. The van der Waals surface area contributed by atoms with E-state index in [1.165, 1.54) is 0 Å². The minimum atomic E-state index is -1.61. The maximum absolute atomic E-state index is 13.6. The van der Waals surface area contributed by atoms with Crippen LogP contribution < -0.4 is 21.7 Å². The Hall–Kier alpha value is -2.29. The highest BCUT2D eigenvalue weighted by molar-refractivity contribution is 6.30. The smallest absolute Gasteiger partial charge is 0.244 e. The highest BCUT2D eigenvalue weighted by Crippen LogP contribution is 2.26. The Labute approximate surface area is 146 Å². The fraction of sp³-hybridized carbons (Fsp3) is 0.188. The molecule has 0 aliphatic carbocycles. The van der Waals surface area contributed by atoms with Crippen LogP contribution in [0.3, 0.4) is 0 Å². The monoisotopic (exact) mass is 370 g/mol. The number of anilines is 1. The van der Waals surface area contributed by atoms with E-state index >= 15 is 0 Å². The molecule has 0 aromatic heterocycles. The molecule has 2 atom stereocenters. The van der Waals surface area contributed by atoms with Gasteiger partial charge in [0.2, 0.25) is 5.91 Å². The van der Waals surface area contributed by atoms with E-state index in [0.717, 1.165) is 17.7 Å². The van der Waals surface area contributed by atoms with Gasteiger partial charge in [-0.05, 0) is 29.8 Å². The molecule has 132 valence electrons. The third-order valence-corrected chi connectivity index (χ3v) is 4.16. The number of hydrogen-bond acceptors (Lipinski definition) is 4. The summed E-state index contributed by atoms with van der Waals surface area (Å²) in [7, 11) is 0. The molecule has 1 heterocycles. The van der Waals surface area contributed by atoms with Gasteiger partial charge in [-0.15, -0.1) is 0 Å². The molecular weight excluding hydrogens is 357 g/mol. The number of hydrazine groups is 2. The number of amides is 1. The van der Waals surface area contributed by atoms with Gasteiger partial charge in [-0.1, -0.05) is 23.7 Å². The van der Waals surface area contributed by atoms with Crippen LogP contribution in [0.2, 0.25) is 5.02 Å². The first-order chi connectivity index (χ1) is 12.0. The molecule has 1 saturated heterocycles. The zero-order chi connectivity index (χ0) is 18.0. The van der Waals surface area contributed by atoms with Crippen LogP contribution >= 0.6 is 11.6 Å². The van der Waals surface area contributed by atoms with Gasteiger partial charge < -0.3 is 0 Å². The first-order valence-corrected chi connectivity index (χ1v) is 7.78. The maximum atomic E-state index is 13.6. The molecule has 0 saturated carbocycles. The Kier molecular flexibility index (Phi) is 5.12. The predicted octanol–water partition coefficient (Wildman–Crippen LogP) is 2.67. The number of carbonyl (C=O) groups is 1. The summed E-state index contributed by atoms with van der Waals surface area (Å²) in [5, 5.41) is 0.575. The molecule has 1 amide bonds. The molecule has 0 radical (unpaired) electrons. The van der Waals surface area contributed by atoms with Crippen LogP contribution in [0.1, 0.15) is 11.6 Å². The molecule has 3 rings (SSSR count). The van der Waals surface area contributed by atoms with E-state index < -0.39 is 29.3 Å². The number of benzene rings is 2. The van der Waals surface area contributed by atoms with Crippen LogP contribution in [-0.2, 0) is 4.79 Å². The molecule has 1 aliphatic rings. The minimum Gasteiger partial charge on any atom is -0.296 e. The number of rotatable bonds is 4. The van der Waals surface area contributed by atoms with E-state index in [1.54, 1.807) is 24.3 Å². The molecule has 2 aromatic rings. The lowest BCUT2D eigenvalue weighted by Crippen LogP contribution is -2.38. The van der Waals surface area contributed by atoms with E-state index in [-0.39, 0.29) is 11.7 Å². The van der Waals surface area contributed by atoms with Gasteiger partial charge in [0.25, 0.3) is 0 Å². The summed E-state index contributed by atoms with van der Waals surface area (Å²) in [6.07, 6.45) is 0. The third kappa shape index (κ3) is 3.71. The standard InChI is InChI=1S/C16H14ClF3N4O/c17-9-3-1-8(2-4-9)15-10(7-21-23-15)16(25)24-22-12-6-5-11(18)13(19)14(12)20/h1-6,10,15,21-23H,7H2,(H,24,25). The van der Waals surface area contributed by atoms with Gasteiger partial charge in [-0.2, -0.15) is 0 Å². The van der Waals surface area contributed by atoms with Crippen LogP contribution in [0.15, 0.2) is 36.4 Å². The van der Waals surface area contributed by atoms with Crippen molar-refractivity contribution in [2.45, 2.75) is 6.04 Å². The van der Waals surface area contributed by atoms with Gasteiger partial charge >= 0.3 is 0 Å². The van der Waals surface area contributed by atoms with Crippen molar-refractivity contribution in [1.29, 1.82) is 0 Å². The lowest BCUT2D eigenvalue weighted by atomic mass is 9.94. The van der Waals surface area contributed by atoms with Gasteiger partial charge in [0.1, 0.15) is 0 Å². The Morgan fingerprint density at radius 2 is 1.80 bits per heavy atom. The van der Waals surface area contributed by atoms with Crippen LogP contribution in [-0.4, -0.2) is 12.5 Å². The molecule has 1 fully saturated rings. The molecule has 0 bridgehead atoms. The fourth-order valence-electron chi connectivity index (χ4n) is 2.57. The number of halogens is 4. The third-order valence-electron chi connectivity index (χ3n) is 3.90. The van der Waals surface area contributed by atoms with Crippen molar-refractivity contribution in [1.82, 2.24) is 16.3 Å². The lowest BCUT2D eigenvalue weighted by Gasteiger charge is -2.19. The fourth-order valence-corrected chi connectivity index (χ4v) is 2.70. The molecule has 1 aliphatic heterocycles. The summed E-state index contributed by atoms with van der Waals surface area (Å²) < 4.78 is 39.7. The highest BCUT2D eigenvalue weighted by atomic mass is 35.5. The van der Waals surface area contributed by atoms with Gasteiger partial charge in [-0.25, -0.2) is 18.6 Å². The van der Waals surface area contributed by atoms with Crippen LogP contribution in [0, 0.1) is 23.4 Å². The molecule has 0 spiro atoms. The summed E-state index contributed by atoms with van der Waals surface area (Å²) in [5.41, 5.74) is 10.9. The molecule has 4 N–H and O–H groups in total. The van der Waals surface area contributed by atoms with Gasteiger partial charge in [0, 0.05) is 11.6 Å². The van der Waals surface area contributed by atoms with Crippen LogP contribution in [0.25, 0.3) is 0 Å². The van der Waals surface area contributed by atoms with Crippen LogP contribution in [0.4, 0.5) is 18.9 Å². The van der Waals surface area contributed by atoms with Crippen molar-refractivity contribution < 1.29 is 18.0 Å². The first-order valence-electron chi connectivity index (χ1n) is 7.40. The summed E-state index contributed by atoms with van der Waals surface area (Å²) >= 11 is 5.86. The minimum absolute atomic E-state index is 0.325. The molecule has 25 heavy (non-hydrogen) atoms. The molecule has 2 unspecified atom stereocenters. The Balaban J connectivity index is 1.68. The topological polar surface area (TPSA) is 65.2 Å². The molecule has 9 heteroatoms. The van der Waals surface area contributed by atoms with E-state index in [9.17, 15) is 18.0 Å². The zero-order valence-electron chi connectivity index (χ0n) is 12.7. The van der Waals surface area contributed by atoms with Crippen molar-refractivity contribution >= 4 is 23.2 Å². The number of hydrogen-bond donors (Lipinski definition) is 4. The second-order valence-electron chi connectivity index (χ2n) is 5.50. The van der Waals surface area contributed by atoms with Crippen LogP contribution in [0.5, 0.6) is 0 Å². The summed E-state index contributed by atoms with van der Waals surface area (Å²) in [6, 6.07) is 8.43. The Morgan fingerprint density at radius 3 is 2.52 bits per heavy atom. The van der Waals surface area contributed by atoms with Gasteiger partial charge in [0.15, 0.2) is 17.5 Å². The average molecular weight is 371 g/mol. The number of nitrogens with one attached hydrogen (secondary N) is 4. The quantitative estimate of drug-likeness (QED) is 0.493. The Bertz CT molecular complexity index is 788. The summed E-state index contributed by atoms with van der Waals surface area (Å²) in [6.45, 7) is 0.334. The SMILES string of the molecule is O=C(NNc1ccc(F)c(F)c1F)C1CNNC1c1ccc(Cl)cc1. The van der Waals surface area contributed by atoms with Crippen molar-refractivity contribution in [2.75, 3.05) is 12.0 Å². The molecule has 5 nitrogen and oxygen atoms in total. The van der Waals surface area contributed by atoms with E-state index in [0.29, 0.717) is 11.6 Å².